The molecule has 1 rings (SSSR count). The number of aliphatic hydroxyl groups is 2. The first kappa shape index (κ1) is 11.2. The van der Waals surface area contributed by atoms with Crippen molar-refractivity contribution in [1.82, 2.24) is 0 Å². The summed E-state index contributed by atoms with van der Waals surface area (Å²) >= 11 is 0. The molecule has 0 aromatic heterocycles. The average Bonchev–Trinajstić information content (AvgIpc) is 2.20. The molecule has 1 aliphatic carbocycles. The smallest absolute Gasteiger partial charge is 0.336 e. The Kier molecular flexibility index (Phi) is 3.29. The van der Waals surface area contributed by atoms with E-state index in [1.807, 2.05) is 0 Å². The maximum atomic E-state index is 11.2. The minimum atomic E-state index is -1.19. The Morgan fingerprint density at radius 2 is 2.00 bits per heavy atom. The highest BCUT2D eigenvalue weighted by atomic mass is 16.5. The molecule has 14 heavy (non-hydrogen) atoms. The summed E-state index contributed by atoms with van der Waals surface area (Å²) in [5.74, 6) is -0.580. The van der Waals surface area contributed by atoms with E-state index in [0.29, 0.717) is 25.7 Å². The van der Waals surface area contributed by atoms with Gasteiger partial charge in [-0.25, -0.2) is 4.79 Å². The molecule has 0 atom stereocenters. The van der Waals surface area contributed by atoms with E-state index in [1.165, 1.54) is 7.11 Å². The van der Waals surface area contributed by atoms with E-state index in [0.717, 1.165) is 0 Å². The van der Waals surface area contributed by atoms with E-state index in [-0.39, 0.29) is 11.7 Å². The number of hydrogen-bond donors (Lipinski definition) is 2. The van der Waals surface area contributed by atoms with Gasteiger partial charge in [-0.2, -0.15) is 0 Å². The van der Waals surface area contributed by atoms with E-state index >= 15 is 0 Å². The average molecular weight is 200 g/mol. The predicted octanol–water partition coefficient (Wildman–Crippen LogP) is 0.382. The molecule has 0 spiro atoms. The standard InChI is InChI=1S/C10H16O4/c1-7(9(12)14-2)10(13)5-3-8(11)4-6-10/h8,11,13H,1,3-6H2,2H3. The molecule has 4 nitrogen and oxygen atoms in total. The maximum Gasteiger partial charge on any atom is 0.336 e. The summed E-state index contributed by atoms with van der Waals surface area (Å²) in [5.41, 5.74) is -1.10. The fourth-order valence-electron chi connectivity index (χ4n) is 1.70. The number of rotatable bonds is 2. The number of methoxy groups -OCH3 is 1. The van der Waals surface area contributed by atoms with Gasteiger partial charge < -0.3 is 14.9 Å². The van der Waals surface area contributed by atoms with Crippen molar-refractivity contribution in [2.24, 2.45) is 0 Å². The second kappa shape index (κ2) is 4.11. The van der Waals surface area contributed by atoms with Crippen LogP contribution in [0, 0.1) is 0 Å². The van der Waals surface area contributed by atoms with Crippen LogP contribution in [0.4, 0.5) is 0 Å². The lowest BCUT2D eigenvalue weighted by atomic mass is 9.79. The molecule has 0 bridgehead atoms. The molecule has 4 heteroatoms. The third kappa shape index (κ3) is 2.13. The summed E-state index contributed by atoms with van der Waals surface area (Å²) < 4.78 is 4.50. The molecule has 0 aromatic rings. The van der Waals surface area contributed by atoms with E-state index in [4.69, 9.17) is 0 Å². The highest BCUT2D eigenvalue weighted by molar-refractivity contribution is 5.89. The van der Waals surface area contributed by atoms with Crippen molar-refractivity contribution in [3.05, 3.63) is 12.2 Å². The molecule has 1 saturated carbocycles. The van der Waals surface area contributed by atoms with Gasteiger partial charge in [0.1, 0.15) is 0 Å². The van der Waals surface area contributed by atoms with Crippen molar-refractivity contribution < 1.29 is 19.7 Å². The van der Waals surface area contributed by atoms with Crippen LogP contribution in [-0.2, 0) is 9.53 Å². The summed E-state index contributed by atoms with van der Waals surface area (Å²) in [6.07, 6.45) is 1.34. The molecule has 0 unspecified atom stereocenters. The van der Waals surface area contributed by atoms with Gasteiger partial charge in [0.05, 0.1) is 24.4 Å². The van der Waals surface area contributed by atoms with Crippen molar-refractivity contribution >= 4 is 5.97 Å². The summed E-state index contributed by atoms with van der Waals surface area (Å²) in [7, 11) is 1.26. The first-order valence-electron chi connectivity index (χ1n) is 4.68. The number of ether oxygens (including phenoxy) is 1. The van der Waals surface area contributed by atoms with Crippen LogP contribution < -0.4 is 0 Å². The van der Waals surface area contributed by atoms with Crippen LogP contribution in [0.15, 0.2) is 12.2 Å². The monoisotopic (exact) mass is 200 g/mol. The zero-order valence-corrected chi connectivity index (χ0v) is 8.32. The van der Waals surface area contributed by atoms with Gasteiger partial charge in [-0.3, -0.25) is 0 Å². The Morgan fingerprint density at radius 3 is 2.43 bits per heavy atom. The highest BCUT2D eigenvalue weighted by Crippen LogP contribution is 2.33. The molecule has 0 saturated heterocycles. The largest absolute Gasteiger partial charge is 0.466 e. The summed E-state index contributed by atoms with van der Waals surface area (Å²) in [6.45, 7) is 3.54. The van der Waals surface area contributed by atoms with Crippen LogP contribution in [0.3, 0.4) is 0 Å². The van der Waals surface area contributed by atoms with Crippen LogP contribution in [0.5, 0.6) is 0 Å². The van der Waals surface area contributed by atoms with Crippen molar-refractivity contribution in [2.75, 3.05) is 7.11 Å². The van der Waals surface area contributed by atoms with Crippen LogP contribution in [-0.4, -0.2) is 35.0 Å². The minimum absolute atomic E-state index is 0.0897. The molecule has 2 N–H and O–H groups in total. The van der Waals surface area contributed by atoms with Crippen LogP contribution >= 0.6 is 0 Å². The van der Waals surface area contributed by atoms with E-state index in [9.17, 15) is 15.0 Å². The first-order valence-corrected chi connectivity index (χ1v) is 4.68. The SMILES string of the molecule is C=C(C(=O)OC)C1(O)CCC(O)CC1. The molecule has 0 radical (unpaired) electrons. The van der Waals surface area contributed by atoms with Gasteiger partial charge in [0.25, 0.3) is 0 Å². The minimum Gasteiger partial charge on any atom is -0.466 e. The Bertz CT molecular complexity index is 239. The molecule has 0 heterocycles. The summed E-state index contributed by atoms with van der Waals surface area (Å²) in [4.78, 5) is 11.2. The Hall–Kier alpha value is -0.870. The zero-order chi connectivity index (χ0) is 10.8. The highest BCUT2D eigenvalue weighted by Gasteiger charge is 2.38. The molecule has 1 fully saturated rings. The van der Waals surface area contributed by atoms with Crippen LogP contribution in [0.2, 0.25) is 0 Å². The van der Waals surface area contributed by atoms with Crippen LogP contribution in [0.25, 0.3) is 0 Å². The van der Waals surface area contributed by atoms with Gasteiger partial charge in [0, 0.05) is 0 Å². The second-order valence-electron chi connectivity index (χ2n) is 3.73. The maximum absolute atomic E-state index is 11.2. The zero-order valence-electron chi connectivity index (χ0n) is 8.32. The number of hydrogen-bond acceptors (Lipinski definition) is 4. The molecule has 0 amide bonds. The second-order valence-corrected chi connectivity index (χ2v) is 3.73. The third-order valence-electron chi connectivity index (χ3n) is 2.78. The Labute approximate surface area is 83.2 Å². The number of esters is 1. The van der Waals surface area contributed by atoms with E-state index in [2.05, 4.69) is 11.3 Å². The van der Waals surface area contributed by atoms with Crippen molar-refractivity contribution in [1.29, 1.82) is 0 Å². The Morgan fingerprint density at radius 1 is 1.50 bits per heavy atom. The summed E-state index contributed by atoms with van der Waals surface area (Å²) in [5, 5.41) is 19.3. The molecule has 80 valence electrons. The number of carbonyl (C=O) groups excluding carboxylic acids is 1. The van der Waals surface area contributed by atoms with Gasteiger partial charge in [0.2, 0.25) is 0 Å². The first-order chi connectivity index (χ1) is 6.49. The van der Waals surface area contributed by atoms with Crippen molar-refractivity contribution in [2.45, 2.75) is 37.4 Å². The van der Waals surface area contributed by atoms with E-state index < -0.39 is 11.6 Å². The topological polar surface area (TPSA) is 66.8 Å². The van der Waals surface area contributed by atoms with Crippen LogP contribution in [0.1, 0.15) is 25.7 Å². The molecule has 0 aromatic carbocycles. The third-order valence-corrected chi connectivity index (χ3v) is 2.78. The lowest BCUT2D eigenvalue weighted by Gasteiger charge is -2.34. The molecule has 1 aliphatic rings. The van der Waals surface area contributed by atoms with Gasteiger partial charge >= 0.3 is 5.97 Å². The number of aliphatic hydroxyl groups excluding tert-OH is 1. The lowest BCUT2D eigenvalue weighted by molar-refractivity contribution is -0.139. The number of carbonyl (C=O) groups is 1. The fraction of sp³-hybridized carbons (Fsp3) is 0.700. The molecular weight excluding hydrogens is 184 g/mol. The van der Waals surface area contributed by atoms with Gasteiger partial charge in [-0.05, 0) is 25.7 Å². The Balaban J connectivity index is 2.66. The summed E-state index contributed by atoms with van der Waals surface area (Å²) in [6, 6.07) is 0. The van der Waals surface area contributed by atoms with Gasteiger partial charge in [-0.15, -0.1) is 0 Å². The van der Waals surface area contributed by atoms with Crippen molar-refractivity contribution in [3.8, 4) is 0 Å². The molecular formula is C10H16O4. The van der Waals surface area contributed by atoms with Crippen molar-refractivity contribution in [3.63, 3.8) is 0 Å². The lowest BCUT2D eigenvalue weighted by Crippen LogP contribution is -2.40. The fourth-order valence-corrected chi connectivity index (χ4v) is 1.70. The van der Waals surface area contributed by atoms with E-state index in [1.54, 1.807) is 0 Å². The van der Waals surface area contributed by atoms with Gasteiger partial charge in [0.15, 0.2) is 0 Å². The normalized spacial score (nSPS) is 32.4. The molecule has 0 aliphatic heterocycles. The quantitative estimate of drug-likeness (QED) is 0.499. The van der Waals surface area contributed by atoms with Gasteiger partial charge in [-0.1, -0.05) is 6.58 Å². The predicted molar refractivity (Wildman–Crippen MR) is 50.6 cm³/mol.